The van der Waals surface area contributed by atoms with Gasteiger partial charge in [-0.15, -0.1) is 0 Å². The Morgan fingerprint density at radius 2 is 1.15 bits per heavy atom. The molecule has 0 heterocycles. The van der Waals surface area contributed by atoms with E-state index in [2.05, 4.69) is 0 Å². The maximum Gasteiger partial charge on any atom is 0.139 e. The second-order valence-electron chi connectivity index (χ2n) is 10.8. The zero-order valence-electron chi connectivity index (χ0n) is 16.1. The van der Waals surface area contributed by atoms with Crippen molar-refractivity contribution in [2.24, 2.45) is 59.2 Å². The lowest BCUT2D eigenvalue weighted by molar-refractivity contribution is -0.128. The SMILES string of the molecule is O=C1C2CCCCC2C2CC3CCC4C(=O)C5CCCCC5C4C3CC12. The second kappa shape index (κ2) is 5.92. The van der Waals surface area contributed by atoms with E-state index in [-0.39, 0.29) is 0 Å². The van der Waals surface area contributed by atoms with Gasteiger partial charge in [0.1, 0.15) is 11.6 Å². The Labute approximate surface area is 157 Å². The van der Waals surface area contributed by atoms with Crippen molar-refractivity contribution in [1.29, 1.82) is 0 Å². The van der Waals surface area contributed by atoms with Crippen LogP contribution < -0.4 is 0 Å². The number of carbonyl (C=O) groups is 2. The molecule has 0 aromatic rings. The van der Waals surface area contributed by atoms with E-state index >= 15 is 0 Å². The van der Waals surface area contributed by atoms with Crippen LogP contribution in [-0.2, 0) is 9.59 Å². The first-order valence-electron chi connectivity index (χ1n) is 11.8. The van der Waals surface area contributed by atoms with Crippen molar-refractivity contribution in [3.8, 4) is 0 Å². The van der Waals surface area contributed by atoms with Gasteiger partial charge in [0.2, 0.25) is 0 Å². The Morgan fingerprint density at radius 3 is 1.96 bits per heavy atom. The Morgan fingerprint density at radius 1 is 0.500 bits per heavy atom. The van der Waals surface area contributed by atoms with E-state index in [0.29, 0.717) is 58.9 Å². The Balaban J connectivity index is 1.31. The van der Waals surface area contributed by atoms with Crippen LogP contribution in [0.1, 0.15) is 77.0 Å². The molecule has 0 spiro atoms. The van der Waals surface area contributed by atoms with Crippen LogP contribution >= 0.6 is 0 Å². The number of ketones is 2. The quantitative estimate of drug-likeness (QED) is 0.610. The molecule has 6 aliphatic carbocycles. The summed E-state index contributed by atoms with van der Waals surface area (Å²) >= 11 is 0. The molecule has 6 saturated carbocycles. The molecule has 0 aromatic carbocycles. The van der Waals surface area contributed by atoms with E-state index < -0.39 is 0 Å². The minimum atomic E-state index is 0.375. The molecule has 0 aliphatic heterocycles. The zero-order valence-corrected chi connectivity index (χ0v) is 16.1. The predicted octanol–water partition coefficient (Wildman–Crippen LogP) is 5.05. The van der Waals surface area contributed by atoms with Gasteiger partial charge in [-0.25, -0.2) is 0 Å². The summed E-state index contributed by atoms with van der Waals surface area (Å²) in [6.07, 6.45) is 15.2. The van der Waals surface area contributed by atoms with Crippen LogP contribution in [0.15, 0.2) is 0 Å². The van der Waals surface area contributed by atoms with E-state index in [9.17, 15) is 9.59 Å². The summed E-state index contributed by atoms with van der Waals surface area (Å²) in [4.78, 5) is 26.3. The summed E-state index contributed by atoms with van der Waals surface area (Å²) in [6.45, 7) is 0. The van der Waals surface area contributed by atoms with E-state index in [4.69, 9.17) is 0 Å². The summed E-state index contributed by atoms with van der Waals surface area (Å²) in [6, 6.07) is 0. The van der Waals surface area contributed by atoms with Crippen LogP contribution in [0.25, 0.3) is 0 Å². The van der Waals surface area contributed by atoms with Gasteiger partial charge in [0.05, 0.1) is 0 Å². The maximum atomic E-state index is 13.2. The normalized spacial score (nSPS) is 55.5. The van der Waals surface area contributed by atoms with Gasteiger partial charge in [-0.05, 0) is 86.9 Å². The van der Waals surface area contributed by atoms with E-state index in [1.54, 1.807) is 0 Å². The van der Waals surface area contributed by atoms with E-state index in [0.717, 1.165) is 11.8 Å². The van der Waals surface area contributed by atoms with Crippen molar-refractivity contribution < 1.29 is 9.59 Å². The van der Waals surface area contributed by atoms with Crippen molar-refractivity contribution in [3.63, 3.8) is 0 Å². The Kier molecular flexibility index (Phi) is 3.71. The fourth-order valence-corrected chi connectivity index (χ4v) is 9.33. The Hall–Kier alpha value is -0.660. The molecule has 0 aromatic heterocycles. The van der Waals surface area contributed by atoms with E-state index in [1.165, 1.54) is 77.0 Å². The van der Waals surface area contributed by atoms with Crippen molar-refractivity contribution in [2.45, 2.75) is 77.0 Å². The monoisotopic (exact) mass is 354 g/mol. The molecule has 0 saturated heterocycles. The number of carbonyl (C=O) groups excluding carboxylic acids is 2. The van der Waals surface area contributed by atoms with Crippen molar-refractivity contribution >= 4 is 11.6 Å². The minimum Gasteiger partial charge on any atom is -0.299 e. The molecule has 142 valence electrons. The third-order valence-electron chi connectivity index (χ3n) is 10.2. The molecule has 0 radical (unpaired) electrons. The molecule has 6 aliphatic rings. The lowest BCUT2D eigenvalue weighted by Crippen LogP contribution is -2.43. The molecule has 0 bridgehead atoms. The number of Topliss-reactive ketones (excluding diaryl/α,β-unsaturated/α-hetero) is 2. The fraction of sp³-hybridized carbons (Fsp3) is 0.917. The van der Waals surface area contributed by atoms with Gasteiger partial charge in [0.15, 0.2) is 0 Å². The third-order valence-corrected chi connectivity index (χ3v) is 10.2. The highest BCUT2D eigenvalue weighted by atomic mass is 16.1. The van der Waals surface area contributed by atoms with Gasteiger partial charge >= 0.3 is 0 Å². The number of hydrogen-bond donors (Lipinski definition) is 0. The second-order valence-corrected chi connectivity index (χ2v) is 10.8. The largest absolute Gasteiger partial charge is 0.299 e. The van der Waals surface area contributed by atoms with Crippen molar-refractivity contribution in [1.82, 2.24) is 0 Å². The van der Waals surface area contributed by atoms with Gasteiger partial charge in [0, 0.05) is 23.7 Å². The molecule has 10 atom stereocenters. The van der Waals surface area contributed by atoms with E-state index in [1.807, 2.05) is 0 Å². The van der Waals surface area contributed by atoms with Crippen LogP contribution in [0.5, 0.6) is 0 Å². The lowest BCUT2D eigenvalue weighted by Gasteiger charge is -2.49. The van der Waals surface area contributed by atoms with Crippen molar-refractivity contribution in [2.75, 3.05) is 0 Å². The van der Waals surface area contributed by atoms with Crippen LogP contribution in [0.3, 0.4) is 0 Å². The summed E-state index contributed by atoms with van der Waals surface area (Å²) < 4.78 is 0. The molecule has 0 N–H and O–H groups in total. The first-order chi connectivity index (χ1) is 12.7. The van der Waals surface area contributed by atoms with Crippen LogP contribution in [0.2, 0.25) is 0 Å². The zero-order chi connectivity index (χ0) is 17.4. The number of rotatable bonds is 0. The Bertz CT molecular complexity index is 624. The highest BCUT2D eigenvalue weighted by molar-refractivity contribution is 5.88. The molecular formula is C24H34O2. The molecule has 0 amide bonds. The third kappa shape index (κ3) is 2.11. The highest BCUT2D eigenvalue weighted by Crippen LogP contribution is 2.63. The molecular weight excluding hydrogens is 320 g/mol. The van der Waals surface area contributed by atoms with Gasteiger partial charge in [-0.3, -0.25) is 9.59 Å². The van der Waals surface area contributed by atoms with Crippen LogP contribution in [-0.4, -0.2) is 11.6 Å². The first kappa shape index (κ1) is 16.3. The molecule has 6 rings (SSSR count). The number of hydrogen-bond acceptors (Lipinski definition) is 2. The highest BCUT2D eigenvalue weighted by Gasteiger charge is 2.60. The maximum absolute atomic E-state index is 13.2. The number of fused-ring (bicyclic) bond motifs is 8. The van der Waals surface area contributed by atoms with Gasteiger partial charge < -0.3 is 0 Å². The minimum absolute atomic E-state index is 0.375. The van der Waals surface area contributed by atoms with Gasteiger partial charge in [0.25, 0.3) is 0 Å². The van der Waals surface area contributed by atoms with Crippen molar-refractivity contribution in [3.05, 3.63) is 0 Å². The summed E-state index contributed by atoms with van der Waals surface area (Å²) in [5.74, 6) is 7.19. The summed E-state index contributed by atoms with van der Waals surface area (Å²) in [5.41, 5.74) is 0. The van der Waals surface area contributed by atoms with Gasteiger partial charge in [-0.1, -0.05) is 25.7 Å². The average Bonchev–Trinajstić information content (AvgIpc) is 3.14. The summed E-state index contributed by atoms with van der Waals surface area (Å²) in [7, 11) is 0. The molecule has 6 fully saturated rings. The fourth-order valence-electron chi connectivity index (χ4n) is 9.33. The predicted molar refractivity (Wildman–Crippen MR) is 100 cm³/mol. The molecule has 2 nitrogen and oxygen atoms in total. The smallest absolute Gasteiger partial charge is 0.139 e. The standard InChI is InChI=1S/C24H34O2/c25-23-17-8-4-2-6-15(17)22-18(23)10-9-13-11-20-14-5-1-3-7-16(14)24(26)21(20)12-19(13)22/h13-22H,1-12H2. The van der Waals surface area contributed by atoms with Crippen LogP contribution in [0.4, 0.5) is 0 Å². The topological polar surface area (TPSA) is 34.1 Å². The van der Waals surface area contributed by atoms with Crippen LogP contribution in [0, 0.1) is 59.2 Å². The summed E-state index contributed by atoms with van der Waals surface area (Å²) in [5, 5.41) is 0. The molecule has 2 heteroatoms. The lowest BCUT2D eigenvalue weighted by atomic mass is 9.55. The molecule has 26 heavy (non-hydrogen) atoms. The average molecular weight is 355 g/mol. The first-order valence-corrected chi connectivity index (χ1v) is 11.8. The van der Waals surface area contributed by atoms with Gasteiger partial charge in [-0.2, -0.15) is 0 Å². The molecule has 10 unspecified atom stereocenters.